The van der Waals surface area contributed by atoms with Crippen molar-refractivity contribution in [2.24, 2.45) is 0 Å². The number of halogens is 2. The number of aryl methyl sites for hydroxylation is 1. The van der Waals surface area contributed by atoms with Gasteiger partial charge in [0.1, 0.15) is 5.82 Å². The summed E-state index contributed by atoms with van der Waals surface area (Å²) >= 11 is 5.96. The largest absolute Gasteiger partial charge is 0.368 e. The van der Waals surface area contributed by atoms with Crippen molar-refractivity contribution >= 4 is 34.8 Å². The summed E-state index contributed by atoms with van der Waals surface area (Å²) in [5.41, 5.74) is 2.80. The quantitative estimate of drug-likeness (QED) is 0.607. The zero-order chi connectivity index (χ0) is 22.7. The van der Waals surface area contributed by atoms with Gasteiger partial charge < -0.3 is 15.1 Å². The molecule has 164 valence electrons. The first-order valence-electron chi connectivity index (χ1n) is 10.4. The first-order valence-corrected chi connectivity index (χ1v) is 10.8. The molecule has 3 aromatic carbocycles. The minimum atomic E-state index is -0.589. The average Bonchev–Trinajstić information content (AvgIpc) is 2.81. The second-order valence-corrected chi connectivity index (χ2v) is 8.16. The van der Waals surface area contributed by atoms with Gasteiger partial charge in [-0.1, -0.05) is 29.8 Å². The number of carbonyl (C=O) groups excluding carboxylic acids is 2. The van der Waals surface area contributed by atoms with Gasteiger partial charge in [0.25, 0.3) is 11.8 Å². The van der Waals surface area contributed by atoms with Gasteiger partial charge in [-0.2, -0.15) is 0 Å². The van der Waals surface area contributed by atoms with Crippen LogP contribution in [0.15, 0.2) is 66.7 Å². The van der Waals surface area contributed by atoms with Gasteiger partial charge in [0, 0.05) is 48.1 Å². The molecule has 1 aliphatic heterocycles. The number of benzene rings is 3. The normalized spacial score (nSPS) is 13.7. The third-order valence-electron chi connectivity index (χ3n) is 5.61. The summed E-state index contributed by atoms with van der Waals surface area (Å²) < 4.78 is 13.9. The van der Waals surface area contributed by atoms with Gasteiger partial charge in [-0.25, -0.2) is 4.39 Å². The molecular formula is C25H23ClFN3O2. The van der Waals surface area contributed by atoms with Crippen molar-refractivity contribution in [3.8, 4) is 0 Å². The number of anilines is 2. The van der Waals surface area contributed by atoms with Crippen molar-refractivity contribution in [1.29, 1.82) is 0 Å². The van der Waals surface area contributed by atoms with E-state index in [2.05, 4.69) is 10.2 Å². The molecule has 3 aromatic rings. The molecule has 0 aliphatic carbocycles. The molecule has 0 radical (unpaired) electrons. The molecule has 2 amide bonds. The average molecular weight is 452 g/mol. The van der Waals surface area contributed by atoms with Gasteiger partial charge in [0.15, 0.2) is 0 Å². The van der Waals surface area contributed by atoms with Gasteiger partial charge >= 0.3 is 0 Å². The van der Waals surface area contributed by atoms with Crippen molar-refractivity contribution in [2.45, 2.75) is 6.92 Å². The second kappa shape index (κ2) is 9.40. The minimum Gasteiger partial charge on any atom is -0.368 e. The van der Waals surface area contributed by atoms with Gasteiger partial charge in [0.05, 0.1) is 5.56 Å². The molecule has 0 bridgehead atoms. The number of piperazine rings is 1. The molecule has 1 fully saturated rings. The Morgan fingerprint density at radius 2 is 1.62 bits per heavy atom. The molecule has 1 saturated heterocycles. The number of hydrogen-bond acceptors (Lipinski definition) is 3. The molecule has 0 unspecified atom stereocenters. The Bertz CT molecular complexity index is 1140. The highest BCUT2D eigenvalue weighted by Crippen LogP contribution is 2.22. The van der Waals surface area contributed by atoms with Crippen LogP contribution in [0, 0.1) is 12.7 Å². The number of nitrogens with one attached hydrogen (secondary N) is 1. The Balaban J connectivity index is 1.44. The first-order chi connectivity index (χ1) is 15.4. The molecule has 0 aromatic heterocycles. The smallest absolute Gasteiger partial charge is 0.258 e. The minimum absolute atomic E-state index is 0.0399. The Morgan fingerprint density at radius 3 is 2.31 bits per heavy atom. The lowest BCUT2D eigenvalue weighted by atomic mass is 10.1. The third-order valence-corrected chi connectivity index (χ3v) is 5.86. The molecular weight excluding hydrogens is 429 g/mol. The highest BCUT2D eigenvalue weighted by Gasteiger charge is 2.23. The number of amides is 2. The maximum Gasteiger partial charge on any atom is 0.258 e. The summed E-state index contributed by atoms with van der Waals surface area (Å²) in [6, 6.07) is 18.7. The highest BCUT2D eigenvalue weighted by molar-refractivity contribution is 6.30. The summed E-state index contributed by atoms with van der Waals surface area (Å²) in [6.07, 6.45) is 0. The van der Waals surface area contributed by atoms with Crippen molar-refractivity contribution in [3.63, 3.8) is 0 Å². The summed E-state index contributed by atoms with van der Waals surface area (Å²) in [5, 5.41) is 3.42. The van der Waals surface area contributed by atoms with Crippen molar-refractivity contribution in [2.75, 3.05) is 36.4 Å². The predicted octanol–water partition coefficient (Wildman–Crippen LogP) is 5.00. The topological polar surface area (TPSA) is 52.7 Å². The van der Waals surface area contributed by atoms with Crippen molar-refractivity contribution < 1.29 is 14.0 Å². The fourth-order valence-corrected chi connectivity index (χ4v) is 3.85. The standard InChI is InChI=1S/C25H23ClFN3O2/c1-17-6-7-18(16-23(17)28-24(31)21-4-2-3-5-22(21)27)25(32)30-14-12-29(13-15-30)20-10-8-19(26)9-11-20/h2-11,16H,12-15H2,1H3,(H,28,31). The zero-order valence-electron chi connectivity index (χ0n) is 17.6. The van der Waals surface area contributed by atoms with E-state index in [1.807, 2.05) is 31.2 Å². The van der Waals surface area contributed by atoms with Crippen LogP contribution in [0.25, 0.3) is 0 Å². The SMILES string of the molecule is Cc1ccc(C(=O)N2CCN(c3ccc(Cl)cc3)CC2)cc1NC(=O)c1ccccc1F. The van der Waals surface area contributed by atoms with E-state index in [1.54, 1.807) is 29.2 Å². The summed E-state index contributed by atoms with van der Waals surface area (Å²) in [4.78, 5) is 29.6. The van der Waals surface area contributed by atoms with Crippen molar-refractivity contribution in [3.05, 3.63) is 94.3 Å². The predicted molar refractivity (Wildman–Crippen MR) is 125 cm³/mol. The van der Waals surface area contributed by atoms with Crippen LogP contribution in [0.4, 0.5) is 15.8 Å². The van der Waals surface area contributed by atoms with E-state index in [4.69, 9.17) is 11.6 Å². The Morgan fingerprint density at radius 1 is 0.938 bits per heavy atom. The molecule has 0 spiro atoms. The van der Waals surface area contributed by atoms with Gasteiger partial charge in [-0.05, 0) is 61.0 Å². The maximum absolute atomic E-state index is 13.9. The number of hydrogen-bond donors (Lipinski definition) is 1. The molecule has 4 rings (SSSR count). The van der Waals surface area contributed by atoms with Crippen molar-refractivity contribution in [1.82, 2.24) is 4.90 Å². The molecule has 5 nitrogen and oxygen atoms in total. The lowest BCUT2D eigenvalue weighted by Crippen LogP contribution is -2.48. The number of nitrogens with zero attached hydrogens (tertiary/aromatic N) is 2. The molecule has 1 heterocycles. The monoisotopic (exact) mass is 451 g/mol. The molecule has 7 heteroatoms. The van der Waals surface area contributed by atoms with Gasteiger partial charge in [0.2, 0.25) is 0 Å². The van der Waals surface area contributed by atoms with Crippen LogP contribution in [0.3, 0.4) is 0 Å². The zero-order valence-corrected chi connectivity index (χ0v) is 18.4. The fourth-order valence-electron chi connectivity index (χ4n) is 3.73. The first kappa shape index (κ1) is 21.8. The lowest BCUT2D eigenvalue weighted by molar-refractivity contribution is 0.0746. The Kier molecular flexibility index (Phi) is 6.42. The van der Waals surface area contributed by atoms with Crippen LogP contribution < -0.4 is 10.2 Å². The van der Waals surface area contributed by atoms with E-state index in [0.717, 1.165) is 24.3 Å². The third kappa shape index (κ3) is 4.75. The van der Waals surface area contributed by atoms with Crippen LogP contribution in [0.2, 0.25) is 5.02 Å². The Hall–Kier alpha value is -3.38. The summed E-state index contributed by atoms with van der Waals surface area (Å²) in [6.45, 7) is 4.45. The number of carbonyl (C=O) groups is 2. The van der Waals surface area contributed by atoms with Crippen LogP contribution in [0.5, 0.6) is 0 Å². The van der Waals surface area contributed by atoms with Crippen LogP contribution >= 0.6 is 11.6 Å². The van der Waals surface area contributed by atoms with Crippen LogP contribution in [0.1, 0.15) is 26.3 Å². The van der Waals surface area contributed by atoms with Crippen LogP contribution in [-0.2, 0) is 0 Å². The van der Waals surface area contributed by atoms with E-state index in [9.17, 15) is 14.0 Å². The van der Waals surface area contributed by atoms with Crippen LogP contribution in [-0.4, -0.2) is 42.9 Å². The van der Waals surface area contributed by atoms with Gasteiger partial charge in [-0.15, -0.1) is 0 Å². The number of rotatable bonds is 4. The van der Waals surface area contributed by atoms with E-state index in [1.165, 1.54) is 18.2 Å². The molecule has 32 heavy (non-hydrogen) atoms. The summed E-state index contributed by atoms with van der Waals surface area (Å²) in [7, 11) is 0. The van der Waals surface area contributed by atoms with E-state index in [-0.39, 0.29) is 11.5 Å². The Labute approximate surface area is 191 Å². The van der Waals surface area contributed by atoms with Gasteiger partial charge in [-0.3, -0.25) is 9.59 Å². The molecule has 0 saturated carbocycles. The second-order valence-electron chi connectivity index (χ2n) is 7.72. The molecule has 1 aliphatic rings. The molecule has 1 N–H and O–H groups in total. The van der Waals surface area contributed by atoms with E-state index < -0.39 is 11.7 Å². The summed E-state index contributed by atoms with van der Waals surface area (Å²) in [5.74, 6) is -1.23. The fraction of sp³-hybridized carbons (Fsp3) is 0.200. The maximum atomic E-state index is 13.9. The highest BCUT2D eigenvalue weighted by atomic mass is 35.5. The van der Waals surface area contributed by atoms with E-state index in [0.29, 0.717) is 29.4 Å². The molecule has 0 atom stereocenters. The lowest BCUT2D eigenvalue weighted by Gasteiger charge is -2.36. The van der Waals surface area contributed by atoms with E-state index >= 15 is 0 Å².